The molecular formula is C29H42O10. The molecule has 0 unspecified atom stereocenters. The van der Waals surface area contributed by atoms with Crippen molar-refractivity contribution in [3.63, 3.8) is 0 Å². The first kappa shape index (κ1) is 26.8. The van der Waals surface area contributed by atoms with Gasteiger partial charge in [-0.15, -0.1) is 0 Å². The fourth-order valence-corrected chi connectivity index (χ4v) is 10.2. The Balaban J connectivity index is 1.12. The first-order chi connectivity index (χ1) is 18.4. The zero-order chi connectivity index (χ0) is 27.7. The topological polar surface area (TPSA) is 158 Å². The molecule has 4 aliphatic carbocycles. The number of aliphatic hydroxyl groups is 5. The van der Waals surface area contributed by atoms with Crippen molar-refractivity contribution >= 4 is 5.97 Å². The molecule has 39 heavy (non-hydrogen) atoms. The molecule has 3 aliphatic heterocycles. The monoisotopic (exact) mass is 550 g/mol. The van der Waals surface area contributed by atoms with E-state index in [4.69, 9.17) is 18.9 Å². The van der Waals surface area contributed by atoms with E-state index in [1.165, 1.54) is 6.08 Å². The highest BCUT2D eigenvalue weighted by atomic mass is 16.7. The van der Waals surface area contributed by atoms with E-state index in [9.17, 15) is 30.3 Å². The van der Waals surface area contributed by atoms with E-state index < -0.39 is 53.4 Å². The van der Waals surface area contributed by atoms with Gasteiger partial charge in [-0.3, -0.25) is 0 Å². The smallest absolute Gasteiger partial charge is 0.331 e. The van der Waals surface area contributed by atoms with E-state index in [-0.39, 0.29) is 48.0 Å². The second-order valence-electron chi connectivity index (χ2n) is 13.9. The Kier molecular flexibility index (Phi) is 5.82. The summed E-state index contributed by atoms with van der Waals surface area (Å²) in [5.74, 6) is -0.289. The number of epoxide rings is 1. The molecule has 0 bridgehead atoms. The van der Waals surface area contributed by atoms with Gasteiger partial charge in [-0.25, -0.2) is 4.79 Å². The van der Waals surface area contributed by atoms with Gasteiger partial charge in [-0.1, -0.05) is 13.8 Å². The molecule has 0 aromatic rings. The molecule has 7 rings (SSSR count). The molecule has 5 N–H and O–H groups in total. The number of cyclic esters (lactones) is 1. The van der Waals surface area contributed by atoms with Crippen molar-refractivity contribution in [1.29, 1.82) is 0 Å². The van der Waals surface area contributed by atoms with Gasteiger partial charge in [0.15, 0.2) is 6.29 Å². The Morgan fingerprint density at radius 1 is 1.00 bits per heavy atom. The highest BCUT2D eigenvalue weighted by Crippen LogP contribution is 2.77. The average Bonchev–Trinajstić information content (AvgIpc) is 3.35. The third kappa shape index (κ3) is 3.29. The largest absolute Gasteiger partial charge is 0.458 e. The summed E-state index contributed by atoms with van der Waals surface area (Å²) in [6, 6.07) is 0. The predicted molar refractivity (Wildman–Crippen MR) is 134 cm³/mol. The predicted octanol–water partition coefficient (Wildman–Crippen LogP) is 0.558. The summed E-state index contributed by atoms with van der Waals surface area (Å²) < 4.78 is 23.7. The molecule has 3 heterocycles. The number of fused-ring (bicyclic) bond motifs is 3. The number of carbonyl (C=O) groups is 1. The van der Waals surface area contributed by atoms with E-state index in [2.05, 4.69) is 6.92 Å². The van der Waals surface area contributed by atoms with Crippen molar-refractivity contribution in [2.45, 2.75) is 126 Å². The van der Waals surface area contributed by atoms with Crippen molar-refractivity contribution in [3.05, 3.63) is 11.6 Å². The second kappa shape index (κ2) is 8.47. The van der Waals surface area contributed by atoms with Crippen molar-refractivity contribution in [3.8, 4) is 0 Å². The highest BCUT2D eigenvalue weighted by Gasteiger charge is 2.86. The third-order valence-electron chi connectivity index (χ3n) is 12.5. The zero-order valence-electron chi connectivity index (χ0n) is 22.9. The van der Waals surface area contributed by atoms with Gasteiger partial charge >= 0.3 is 5.97 Å². The summed E-state index contributed by atoms with van der Waals surface area (Å²) in [6.07, 6.45) is -0.273. The maximum absolute atomic E-state index is 12.6. The molecule has 2 saturated heterocycles. The quantitative estimate of drug-likeness (QED) is 0.191. The van der Waals surface area contributed by atoms with Gasteiger partial charge in [-0.05, 0) is 74.7 Å². The van der Waals surface area contributed by atoms with Gasteiger partial charge in [0.25, 0.3) is 0 Å². The number of hydrogen-bond acceptors (Lipinski definition) is 10. The maximum atomic E-state index is 12.6. The first-order valence-corrected chi connectivity index (χ1v) is 14.7. The lowest BCUT2D eigenvalue weighted by atomic mass is 9.42. The minimum atomic E-state index is -1.33. The average molecular weight is 551 g/mol. The van der Waals surface area contributed by atoms with E-state index in [1.807, 2.05) is 6.92 Å². The molecular weight excluding hydrogens is 508 g/mol. The van der Waals surface area contributed by atoms with Gasteiger partial charge < -0.3 is 44.5 Å². The van der Waals surface area contributed by atoms with Crippen LogP contribution in [0.2, 0.25) is 0 Å². The number of esters is 1. The molecule has 1 spiro atoms. The van der Waals surface area contributed by atoms with Gasteiger partial charge in [0.2, 0.25) is 0 Å². The SMILES string of the molecule is C[C@H]1O[C@@H](O[C@H]2CC[C@@]3(C)[C@@H](C2)C[C@@H]2O[C@]24[C@@H]3C[C@@H](O)[C@]2(C)[C@@H](C3=CC(=O)OC3)CC[C@@]24O)[C@H](O)[C@H](O)[C@@H]1O. The molecule has 218 valence electrons. The summed E-state index contributed by atoms with van der Waals surface area (Å²) in [7, 11) is 0. The molecule has 0 amide bonds. The minimum absolute atomic E-state index is 0.0227. The Labute approximate surface area is 228 Å². The van der Waals surface area contributed by atoms with E-state index in [1.54, 1.807) is 6.92 Å². The van der Waals surface area contributed by atoms with Crippen LogP contribution in [0.5, 0.6) is 0 Å². The van der Waals surface area contributed by atoms with Crippen LogP contribution in [-0.2, 0) is 23.7 Å². The standard InChI is InChI=1S/C29H42O10/c1-13-22(32)23(33)24(34)25(37-13)38-16-4-6-26(2)15(9-16)10-20-29(39-20)18(26)11-19(30)27(3)17(5-7-28(27,29)35)14-8-21(31)36-12-14/h8,13,15-20,22-25,30,32-35H,4-7,9-12H2,1-3H3/t13-,15+,16+,17-,18-,19-,20+,22-,23-,24-,25+,26+,27+,28-,29-/m1/s1. The maximum Gasteiger partial charge on any atom is 0.331 e. The van der Waals surface area contributed by atoms with Crippen LogP contribution < -0.4 is 0 Å². The van der Waals surface area contributed by atoms with Crippen LogP contribution in [0.1, 0.15) is 65.7 Å². The Morgan fingerprint density at radius 2 is 1.77 bits per heavy atom. The van der Waals surface area contributed by atoms with E-state index in [0.717, 1.165) is 24.8 Å². The fraction of sp³-hybridized carbons (Fsp3) is 0.897. The highest BCUT2D eigenvalue weighted by molar-refractivity contribution is 5.85. The summed E-state index contributed by atoms with van der Waals surface area (Å²) in [4.78, 5) is 11.8. The fourth-order valence-electron chi connectivity index (χ4n) is 10.2. The van der Waals surface area contributed by atoms with E-state index in [0.29, 0.717) is 25.7 Å². The van der Waals surface area contributed by atoms with Crippen LogP contribution in [0.3, 0.4) is 0 Å². The van der Waals surface area contributed by atoms with E-state index >= 15 is 0 Å². The minimum Gasteiger partial charge on any atom is -0.458 e. The molecule has 15 atom stereocenters. The first-order valence-electron chi connectivity index (χ1n) is 14.7. The van der Waals surface area contributed by atoms with Gasteiger partial charge in [0, 0.05) is 17.4 Å². The van der Waals surface area contributed by atoms with Crippen molar-refractivity contribution < 1.29 is 49.3 Å². The molecule has 6 fully saturated rings. The normalized spacial score (nSPS) is 59.9. The summed E-state index contributed by atoms with van der Waals surface area (Å²) >= 11 is 0. The molecule has 0 aromatic heterocycles. The molecule has 10 heteroatoms. The Morgan fingerprint density at radius 3 is 2.49 bits per heavy atom. The molecule has 4 saturated carbocycles. The van der Waals surface area contributed by atoms with Crippen LogP contribution >= 0.6 is 0 Å². The molecule has 0 aromatic carbocycles. The number of rotatable bonds is 3. The summed E-state index contributed by atoms with van der Waals surface area (Å²) in [6.45, 7) is 6.11. The number of hydrogen-bond donors (Lipinski definition) is 5. The lowest BCUT2D eigenvalue weighted by Gasteiger charge is -2.63. The van der Waals surface area contributed by atoms with Crippen LogP contribution in [0, 0.1) is 28.6 Å². The second-order valence-corrected chi connectivity index (χ2v) is 13.9. The van der Waals surface area contributed by atoms with Crippen molar-refractivity contribution in [2.75, 3.05) is 6.61 Å². The number of carbonyl (C=O) groups excluding carboxylic acids is 1. The Hall–Kier alpha value is -1.11. The third-order valence-corrected chi connectivity index (χ3v) is 12.5. The van der Waals surface area contributed by atoms with Crippen molar-refractivity contribution in [1.82, 2.24) is 0 Å². The Bertz CT molecular complexity index is 1080. The number of aliphatic hydroxyl groups excluding tert-OH is 4. The van der Waals surface area contributed by atoms with Crippen LogP contribution in [0.25, 0.3) is 0 Å². The zero-order valence-corrected chi connectivity index (χ0v) is 22.9. The summed E-state index contributed by atoms with van der Waals surface area (Å²) in [5, 5.41) is 55.0. The molecule has 0 radical (unpaired) electrons. The molecule has 10 nitrogen and oxygen atoms in total. The van der Waals surface area contributed by atoms with Crippen molar-refractivity contribution in [2.24, 2.45) is 28.6 Å². The van der Waals surface area contributed by atoms with Gasteiger partial charge in [0.05, 0.1) is 24.4 Å². The van der Waals surface area contributed by atoms with Crippen LogP contribution in [-0.4, -0.2) is 98.3 Å². The van der Waals surface area contributed by atoms with Crippen LogP contribution in [0.4, 0.5) is 0 Å². The summed E-state index contributed by atoms with van der Waals surface area (Å²) in [5.41, 5.74) is -2.07. The van der Waals surface area contributed by atoms with Crippen LogP contribution in [0.15, 0.2) is 11.6 Å². The lowest BCUT2D eigenvalue weighted by Crippen LogP contribution is -2.72. The number of ether oxygens (including phenoxy) is 4. The lowest BCUT2D eigenvalue weighted by molar-refractivity contribution is -0.310. The van der Waals surface area contributed by atoms with Gasteiger partial charge in [0.1, 0.15) is 36.1 Å². The van der Waals surface area contributed by atoms with Gasteiger partial charge in [-0.2, -0.15) is 0 Å². The molecule has 7 aliphatic rings.